The maximum absolute atomic E-state index is 6.21. The first kappa shape index (κ1) is 12.0. The van der Waals surface area contributed by atoms with Crippen LogP contribution < -0.4 is 11.1 Å². The Bertz CT molecular complexity index is 312. The SMILES string of the molecule is CCC(N)(CC)CNc1cc(C)nn1C. The van der Waals surface area contributed by atoms with E-state index in [0.717, 1.165) is 30.9 Å². The molecule has 0 spiro atoms. The van der Waals surface area contributed by atoms with Gasteiger partial charge in [-0.15, -0.1) is 0 Å². The molecule has 1 aromatic heterocycles. The molecule has 1 aromatic rings. The summed E-state index contributed by atoms with van der Waals surface area (Å²) in [5.41, 5.74) is 7.12. The topological polar surface area (TPSA) is 55.9 Å². The zero-order valence-electron chi connectivity index (χ0n) is 10.2. The van der Waals surface area contributed by atoms with Crippen molar-refractivity contribution in [2.45, 2.75) is 39.2 Å². The maximum atomic E-state index is 6.21. The number of nitrogens with zero attached hydrogens (tertiary/aromatic N) is 2. The molecule has 0 amide bonds. The molecule has 0 radical (unpaired) electrons. The molecule has 0 aliphatic carbocycles. The number of nitrogens with one attached hydrogen (secondary N) is 1. The lowest BCUT2D eigenvalue weighted by molar-refractivity contribution is 0.417. The third kappa shape index (κ3) is 2.96. The number of anilines is 1. The Morgan fingerprint density at radius 3 is 2.47 bits per heavy atom. The summed E-state index contributed by atoms with van der Waals surface area (Å²) < 4.78 is 1.85. The van der Waals surface area contributed by atoms with Crippen LogP contribution in [0, 0.1) is 6.92 Å². The van der Waals surface area contributed by atoms with Gasteiger partial charge in [0.15, 0.2) is 0 Å². The Balaban J connectivity index is 2.60. The summed E-state index contributed by atoms with van der Waals surface area (Å²) in [4.78, 5) is 0. The molecule has 0 bridgehead atoms. The monoisotopic (exact) mass is 210 g/mol. The first-order valence-corrected chi connectivity index (χ1v) is 5.54. The van der Waals surface area contributed by atoms with Gasteiger partial charge in [-0.1, -0.05) is 13.8 Å². The molecule has 4 nitrogen and oxygen atoms in total. The molecule has 0 aromatic carbocycles. The van der Waals surface area contributed by atoms with Gasteiger partial charge in [0.05, 0.1) is 5.69 Å². The predicted octanol–water partition coefficient (Wildman–Crippen LogP) is 1.66. The van der Waals surface area contributed by atoms with Gasteiger partial charge in [0.1, 0.15) is 5.82 Å². The number of hydrogen-bond acceptors (Lipinski definition) is 3. The normalized spacial score (nSPS) is 11.8. The summed E-state index contributed by atoms with van der Waals surface area (Å²) in [6.07, 6.45) is 1.96. The second kappa shape index (κ2) is 4.66. The fourth-order valence-corrected chi connectivity index (χ4v) is 1.54. The quantitative estimate of drug-likeness (QED) is 0.777. The van der Waals surface area contributed by atoms with Crippen molar-refractivity contribution in [3.63, 3.8) is 0 Å². The summed E-state index contributed by atoms with van der Waals surface area (Å²) in [6.45, 7) is 7.03. The lowest BCUT2D eigenvalue weighted by Gasteiger charge is -2.27. The third-order valence-electron chi connectivity index (χ3n) is 3.03. The van der Waals surface area contributed by atoms with Crippen LogP contribution in [-0.2, 0) is 7.05 Å². The first-order chi connectivity index (χ1) is 7.00. The number of nitrogens with two attached hydrogens (primary N) is 1. The lowest BCUT2D eigenvalue weighted by Crippen LogP contribution is -2.45. The molecule has 0 aliphatic rings. The van der Waals surface area contributed by atoms with Gasteiger partial charge in [-0.25, -0.2) is 0 Å². The second-order valence-electron chi connectivity index (χ2n) is 4.22. The summed E-state index contributed by atoms with van der Waals surface area (Å²) in [5.74, 6) is 1.03. The molecule has 0 unspecified atom stereocenters. The summed E-state index contributed by atoms with van der Waals surface area (Å²) in [7, 11) is 1.94. The van der Waals surface area contributed by atoms with Crippen molar-refractivity contribution in [2.24, 2.45) is 12.8 Å². The van der Waals surface area contributed by atoms with Crippen LogP contribution in [0.1, 0.15) is 32.4 Å². The molecule has 0 saturated heterocycles. The summed E-state index contributed by atoms with van der Waals surface area (Å²) in [6, 6.07) is 2.03. The highest BCUT2D eigenvalue weighted by Crippen LogP contribution is 2.14. The van der Waals surface area contributed by atoms with Crippen molar-refractivity contribution < 1.29 is 0 Å². The minimum absolute atomic E-state index is 0.113. The Morgan fingerprint density at radius 1 is 1.47 bits per heavy atom. The largest absolute Gasteiger partial charge is 0.368 e. The van der Waals surface area contributed by atoms with E-state index in [0.29, 0.717) is 0 Å². The average Bonchev–Trinajstić information content (AvgIpc) is 2.54. The van der Waals surface area contributed by atoms with Crippen LogP contribution >= 0.6 is 0 Å². The van der Waals surface area contributed by atoms with Crippen molar-refractivity contribution >= 4 is 5.82 Å². The second-order valence-corrected chi connectivity index (χ2v) is 4.22. The number of aryl methyl sites for hydroxylation is 2. The van der Waals surface area contributed by atoms with Gasteiger partial charge in [0.2, 0.25) is 0 Å². The molecule has 15 heavy (non-hydrogen) atoms. The highest BCUT2D eigenvalue weighted by atomic mass is 15.3. The van der Waals surface area contributed by atoms with Crippen molar-refractivity contribution in [2.75, 3.05) is 11.9 Å². The van der Waals surface area contributed by atoms with E-state index in [1.807, 2.05) is 24.7 Å². The average molecular weight is 210 g/mol. The lowest BCUT2D eigenvalue weighted by atomic mass is 9.94. The number of hydrogen-bond donors (Lipinski definition) is 2. The molecule has 0 fully saturated rings. The van der Waals surface area contributed by atoms with Crippen LogP contribution in [0.25, 0.3) is 0 Å². The predicted molar refractivity (Wildman–Crippen MR) is 63.9 cm³/mol. The van der Waals surface area contributed by atoms with Crippen LogP contribution in [0.4, 0.5) is 5.82 Å². The molecular formula is C11H22N4. The van der Waals surface area contributed by atoms with Crippen molar-refractivity contribution in [3.8, 4) is 0 Å². The molecule has 0 aliphatic heterocycles. The maximum Gasteiger partial charge on any atom is 0.124 e. The van der Waals surface area contributed by atoms with Crippen LogP contribution in [0.5, 0.6) is 0 Å². The minimum Gasteiger partial charge on any atom is -0.368 e. The van der Waals surface area contributed by atoms with E-state index in [2.05, 4.69) is 24.3 Å². The highest BCUT2D eigenvalue weighted by Gasteiger charge is 2.20. The third-order valence-corrected chi connectivity index (χ3v) is 3.03. The van der Waals surface area contributed by atoms with E-state index >= 15 is 0 Å². The van der Waals surface area contributed by atoms with E-state index in [1.54, 1.807) is 0 Å². The van der Waals surface area contributed by atoms with Gasteiger partial charge in [-0.05, 0) is 19.8 Å². The van der Waals surface area contributed by atoms with Crippen LogP contribution in [-0.4, -0.2) is 21.9 Å². The molecule has 0 saturated carbocycles. The molecule has 3 N–H and O–H groups in total. The summed E-state index contributed by atoms with van der Waals surface area (Å²) >= 11 is 0. The van der Waals surface area contributed by atoms with Gasteiger partial charge >= 0.3 is 0 Å². The first-order valence-electron chi connectivity index (χ1n) is 5.54. The molecule has 0 atom stereocenters. The van der Waals surface area contributed by atoms with E-state index in [1.165, 1.54) is 0 Å². The standard InChI is InChI=1S/C11H22N4/c1-5-11(12,6-2)8-13-10-7-9(3)14-15(10)4/h7,13H,5-6,8,12H2,1-4H3. The smallest absolute Gasteiger partial charge is 0.124 e. The molecule has 1 heterocycles. The van der Waals surface area contributed by atoms with Crippen molar-refractivity contribution in [1.82, 2.24) is 9.78 Å². The molecular weight excluding hydrogens is 188 g/mol. The van der Waals surface area contributed by atoms with Crippen LogP contribution in [0.2, 0.25) is 0 Å². The summed E-state index contributed by atoms with van der Waals surface area (Å²) in [5, 5.41) is 7.63. The Morgan fingerprint density at radius 2 is 2.07 bits per heavy atom. The van der Waals surface area contributed by atoms with Gasteiger partial charge < -0.3 is 11.1 Å². The van der Waals surface area contributed by atoms with Crippen LogP contribution in [0.3, 0.4) is 0 Å². The zero-order valence-corrected chi connectivity index (χ0v) is 10.2. The fourth-order valence-electron chi connectivity index (χ4n) is 1.54. The number of aromatic nitrogens is 2. The Hall–Kier alpha value is -1.03. The van der Waals surface area contributed by atoms with Gasteiger partial charge in [0.25, 0.3) is 0 Å². The van der Waals surface area contributed by atoms with Crippen molar-refractivity contribution in [3.05, 3.63) is 11.8 Å². The fraction of sp³-hybridized carbons (Fsp3) is 0.727. The minimum atomic E-state index is -0.113. The Kier molecular flexibility index (Phi) is 3.74. The molecule has 4 heteroatoms. The van der Waals surface area contributed by atoms with Gasteiger partial charge in [0, 0.05) is 25.2 Å². The Labute approximate surface area is 91.8 Å². The van der Waals surface area contributed by atoms with Crippen LogP contribution in [0.15, 0.2) is 6.07 Å². The zero-order chi connectivity index (χ0) is 11.5. The number of rotatable bonds is 5. The van der Waals surface area contributed by atoms with Crippen molar-refractivity contribution in [1.29, 1.82) is 0 Å². The highest BCUT2D eigenvalue weighted by molar-refractivity contribution is 5.37. The van der Waals surface area contributed by atoms with E-state index in [4.69, 9.17) is 5.73 Å². The van der Waals surface area contributed by atoms with Gasteiger partial charge in [-0.3, -0.25) is 4.68 Å². The van der Waals surface area contributed by atoms with Gasteiger partial charge in [-0.2, -0.15) is 5.10 Å². The van der Waals surface area contributed by atoms with E-state index in [-0.39, 0.29) is 5.54 Å². The molecule has 86 valence electrons. The van der Waals surface area contributed by atoms with E-state index in [9.17, 15) is 0 Å². The molecule has 1 rings (SSSR count). The van der Waals surface area contributed by atoms with E-state index < -0.39 is 0 Å².